The molecule has 1 aromatic rings. The van der Waals surface area contributed by atoms with E-state index in [0.717, 1.165) is 11.3 Å². The maximum Gasteiger partial charge on any atom is 0.242 e. The quantitative estimate of drug-likeness (QED) is 0.877. The lowest BCUT2D eigenvalue weighted by molar-refractivity contribution is -0.122. The van der Waals surface area contributed by atoms with Crippen LogP contribution in [0.2, 0.25) is 0 Å². The Bertz CT molecular complexity index is 509. The molecule has 0 bridgehead atoms. The number of benzene rings is 1. The molecule has 1 amide bonds. The van der Waals surface area contributed by atoms with E-state index < -0.39 is 6.04 Å². The van der Waals surface area contributed by atoms with Gasteiger partial charge in [0.25, 0.3) is 0 Å². The predicted octanol–water partition coefficient (Wildman–Crippen LogP) is 2.58. The van der Waals surface area contributed by atoms with Gasteiger partial charge >= 0.3 is 0 Å². The lowest BCUT2D eigenvalue weighted by Gasteiger charge is -2.24. The van der Waals surface area contributed by atoms with Gasteiger partial charge in [-0.3, -0.25) is 4.79 Å². The molecule has 2 N–H and O–H groups in total. The van der Waals surface area contributed by atoms with E-state index in [-0.39, 0.29) is 11.4 Å². The van der Waals surface area contributed by atoms with Crippen LogP contribution in [0.1, 0.15) is 38.8 Å². The zero-order valence-electron chi connectivity index (χ0n) is 12.2. The van der Waals surface area contributed by atoms with Crippen molar-refractivity contribution in [2.24, 2.45) is 0 Å². The molecular weight excluding hydrogens is 238 g/mol. The van der Waals surface area contributed by atoms with Crippen LogP contribution in [0.5, 0.6) is 0 Å². The van der Waals surface area contributed by atoms with Crippen LogP contribution >= 0.6 is 0 Å². The summed E-state index contributed by atoms with van der Waals surface area (Å²) < 4.78 is 0. The van der Waals surface area contributed by atoms with E-state index in [1.54, 1.807) is 13.0 Å². The Labute approximate surface area is 114 Å². The van der Waals surface area contributed by atoms with Crippen LogP contribution in [0, 0.1) is 18.3 Å². The Hall–Kier alpha value is -2.02. The highest BCUT2D eigenvalue weighted by Crippen LogP contribution is 2.20. The van der Waals surface area contributed by atoms with E-state index in [1.807, 2.05) is 39.8 Å². The Morgan fingerprint density at radius 2 is 2.00 bits per heavy atom. The minimum atomic E-state index is -0.396. The average Bonchev–Trinajstić information content (AvgIpc) is 2.29. The molecule has 19 heavy (non-hydrogen) atoms. The van der Waals surface area contributed by atoms with Crippen LogP contribution in [-0.2, 0) is 4.79 Å². The maximum atomic E-state index is 12.0. The molecule has 0 aliphatic heterocycles. The van der Waals surface area contributed by atoms with Crippen LogP contribution in [0.3, 0.4) is 0 Å². The fourth-order valence-corrected chi connectivity index (χ4v) is 1.71. The lowest BCUT2D eigenvalue weighted by Crippen LogP contribution is -2.47. The second-order valence-electron chi connectivity index (χ2n) is 5.71. The highest BCUT2D eigenvalue weighted by Gasteiger charge is 2.20. The van der Waals surface area contributed by atoms with Crippen LogP contribution in [0.15, 0.2) is 18.2 Å². The Morgan fingerprint density at radius 3 is 2.53 bits per heavy atom. The third-order valence-corrected chi connectivity index (χ3v) is 2.65. The molecular formula is C15H21N3O. The highest BCUT2D eigenvalue weighted by molar-refractivity contribution is 5.85. The topological polar surface area (TPSA) is 64.9 Å². The highest BCUT2D eigenvalue weighted by atomic mass is 16.2. The summed E-state index contributed by atoms with van der Waals surface area (Å²) in [6.07, 6.45) is 0. The first-order valence-corrected chi connectivity index (χ1v) is 6.33. The molecule has 102 valence electrons. The Kier molecular flexibility index (Phi) is 4.55. The third kappa shape index (κ3) is 4.29. The second-order valence-corrected chi connectivity index (χ2v) is 5.71. The summed E-state index contributed by atoms with van der Waals surface area (Å²) in [4.78, 5) is 12.0. The smallest absolute Gasteiger partial charge is 0.242 e. The molecule has 1 rings (SSSR count). The van der Waals surface area contributed by atoms with Gasteiger partial charge in [0.1, 0.15) is 12.1 Å². The molecule has 0 aromatic heterocycles. The summed E-state index contributed by atoms with van der Waals surface area (Å²) in [5.74, 6) is -0.0837. The van der Waals surface area contributed by atoms with E-state index in [0.29, 0.717) is 5.56 Å². The average molecular weight is 259 g/mol. The first kappa shape index (κ1) is 15.0. The molecule has 1 atom stereocenters. The van der Waals surface area contributed by atoms with Crippen molar-refractivity contribution in [2.45, 2.75) is 46.2 Å². The molecule has 0 aliphatic rings. The number of anilines is 1. The molecule has 0 saturated carbocycles. The van der Waals surface area contributed by atoms with Gasteiger partial charge in [-0.1, -0.05) is 12.1 Å². The van der Waals surface area contributed by atoms with Crippen molar-refractivity contribution in [2.75, 3.05) is 5.32 Å². The van der Waals surface area contributed by atoms with Crippen molar-refractivity contribution in [1.29, 1.82) is 5.26 Å². The molecule has 0 saturated heterocycles. The number of amides is 1. The summed E-state index contributed by atoms with van der Waals surface area (Å²) in [6.45, 7) is 9.51. The van der Waals surface area contributed by atoms with Crippen LogP contribution in [0.4, 0.5) is 5.69 Å². The van der Waals surface area contributed by atoms with E-state index >= 15 is 0 Å². The predicted molar refractivity (Wildman–Crippen MR) is 76.9 cm³/mol. The summed E-state index contributed by atoms with van der Waals surface area (Å²) in [5.41, 5.74) is 1.96. The maximum absolute atomic E-state index is 12.0. The number of carbonyl (C=O) groups is 1. The molecule has 0 heterocycles. The van der Waals surface area contributed by atoms with Crippen LogP contribution in [0.25, 0.3) is 0 Å². The Morgan fingerprint density at radius 1 is 1.37 bits per heavy atom. The third-order valence-electron chi connectivity index (χ3n) is 2.65. The van der Waals surface area contributed by atoms with Gasteiger partial charge in [-0.15, -0.1) is 0 Å². The number of rotatable bonds is 3. The number of para-hydroxylation sites is 1. The first-order chi connectivity index (χ1) is 8.74. The number of nitriles is 1. The first-order valence-electron chi connectivity index (χ1n) is 6.33. The number of nitrogens with zero attached hydrogens (tertiary/aromatic N) is 1. The fourth-order valence-electron chi connectivity index (χ4n) is 1.71. The van der Waals surface area contributed by atoms with Gasteiger partial charge in [0, 0.05) is 5.54 Å². The molecule has 1 aromatic carbocycles. The molecule has 4 heteroatoms. The van der Waals surface area contributed by atoms with Gasteiger partial charge in [0.05, 0.1) is 11.3 Å². The molecule has 0 radical (unpaired) electrons. The largest absolute Gasteiger partial charge is 0.373 e. The normalized spacial score (nSPS) is 12.4. The van der Waals surface area contributed by atoms with E-state index in [9.17, 15) is 4.79 Å². The van der Waals surface area contributed by atoms with Gasteiger partial charge < -0.3 is 10.6 Å². The SMILES string of the molecule is Cc1cccc(C#N)c1NC(C)C(=O)NC(C)(C)C. The summed E-state index contributed by atoms with van der Waals surface area (Å²) in [7, 11) is 0. The van der Waals surface area contributed by atoms with Crippen LogP contribution in [-0.4, -0.2) is 17.5 Å². The van der Waals surface area contributed by atoms with Gasteiger partial charge in [0.2, 0.25) is 5.91 Å². The molecule has 1 unspecified atom stereocenters. The lowest BCUT2D eigenvalue weighted by atomic mass is 10.1. The number of aryl methyl sites for hydroxylation is 1. The number of nitrogens with one attached hydrogen (secondary N) is 2. The zero-order valence-corrected chi connectivity index (χ0v) is 12.2. The minimum absolute atomic E-state index is 0.0837. The number of carbonyl (C=O) groups excluding carboxylic acids is 1. The monoisotopic (exact) mass is 259 g/mol. The molecule has 0 fully saturated rings. The van der Waals surface area contributed by atoms with Crippen molar-refractivity contribution in [1.82, 2.24) is 5.32 Å². The van der Waals surface area contributed by atoms with E-state index in [1.165, 1.54) is 0 Å². The number of hydrogen-bond acceptors (Lipinski definition) is 3. The molecule has 4 nitrogen and oxygen atoms in total. The van der Waals surface area contributed by atoms with Gasteiger partial charge in [0.15, 0.2) is 0 Å². The van der Waals surface area contributed by atoms with E-state index in [2.05, 4.69) is 16.7 Å². The van der Waals surface area contributed by atoms with Gasteiger partial charge in [-0.25, -0.2) is 0 Å². The molecule has 0 aliphatic carbocycles. The van der Waals surface area contributed by atoms with Crippen molar-refractivity contribution < 1.29 is 4.79 Å². The fraction of sp³-hybridized carbons (Fsp3) is 0.467. The molecule has 0 spiro atoms. The van der Waals surface area contributed by atoms with Gasteiger partial charge in [-0.2, -0.15) is 5.26 Å². The van der Waals surface area contributed by atoms with Crippen molar-refractivity contribution in [3.05, 3.63) is 29.3 Å². The van der Waals surface area contributed by atoms with Crippen LogP contribution < -0.4 is 10.6 Å². The summed E-state index contributed by atoms with van der Waals surface area (Å²) in [6, 6.07) is 7.23. The van der Waals surface area contributed by atoms with Crippen molar-refractivity contribution >= 4 is 11.6 Å². The van der Waals surface area contributed by atoms with Crippen molar-refractivity contribution in [3.63, 3.8) is 0 Å². The zero-order chi connectivity index (χ0) is 14.6. The summed E-state index contributed by atoms with van der Waals surface area (Å²) in [5, 5.41) is 15.1. The Balaban J connectivity index is 2.86. The summed E-state index contributed by atoms with van der Waals surface area (Å²) >= 11 is 0. The number of hydrogen-bond donors (Lipinski definition) is 2. The van der Waals surface area contributed by atoms with Crippen molar-refractivity contribution in [3.8, 4) is 6.07 Å². The van der Waals surface area contributed by atoms with Gasteiger partial charge in [-0.05, 0) is 46.2 Å². The van der Waals surface area contributed by atoms with E-state index in [4.69, 9.17) is 5.26 Å². The minimum Gasteiger partial charge on any atom is -0.373 e. The standard InChI is InChI=1S/C15H21N3O/c1-10-7-6-8-12(9-16)13(10)17-11(2)14(19)18-15(3,4)5/h6-8,11,17H,1-5H3,(H,18,19). The second kappa shape index (κ2) is 5.75.